The van der Waals surface area contributed by atoms with Crippen LogP contribution < -0.4 is 10.6 Å². The van der Waals surface area contributed by atoms with Crippen LogP contribution in [0.2, 0.25) is 0 Å². The molecule has 3 heteroatoms. The van der Waals surface area contributed by atoms with Gasteiger partial charge in [-0.25, -0.2) is 9.97 Å². The Bertz CT molecular complexity index is 439. The lowest BCUT2D eigenvalue weighted by Crippen LogP contribution is -2.26. The van der Waals surface area contributed by atoms with Crippen LogP contribution in [0.5, 0.6) is 0 Å². The highest BCUT2D eigenvalue weighted by atomic mass is 14.8. The molecule has 1 aliphatic heterocycles. The maximum atomic E-state index is 4.02. The van der Waals surface area contributed by atoms with E-state index in [4.69, 9.17) is 0 Å². The molecule has 0 aromatic carbocycles. The number of hydrogen-bond donors (Lipinski definition) is 0. The van der Waals surface area contributed by atoms with E-state index in [1.54, 1.807) is 24.7 Å². The standard InChI is InChI=1S/C8H5N3/c1-2-7-4-10-6-11-8(7)5-9-3-1/h1,3-6H. The predicted molar refractivity (Wildman–Crippen MR) is 42.2 cm³/mol. The molecule has 0 fully saturated rings. The summed E-state index contributed by atoms with van der Waals surface area (Å²) in [5, 5.41) is 1.69. The Balaban J connectivity index is 2.99. The summed E-state index contributed by atoms with van der Waals surface area (Å²) in [6.07, 6.45) is 8.31. The third kappa shape index (κ3) is 1.09. The SMILES string of the molecule is C1=CC=NC=c2ncncc2=1. The normalized spacial score (nSPS) is 12.7. The molecule has 2 heterocycles. The van der Waals surface area contributed by atoms with E-state index in [1.807, 2.05) is 0 Å². The monoisotopic (exact) mass is 143 g/mol. The number of aliphatic imine (C=N–C) groups is 1. The number of allylic oxidation sites excluding steroid dienone is 1. The highest BCUT2D eigenvalue weighted by Gasteiger charge is 1.84. The maximum Gasteiger partial charge on any atom is 0.116 e. The highest BCUT2D eigenvalue weighted by Crippen LogP contribution is 1.70. The lowest BCUT2D eigenvalue weighted by molar-refractivity contribution is 1.10. The van der Waals surface area contributed by atoms with Crippen molar-refractivity contribution >= 4 is 18.1 Å². The molecule has 11 heavy (non-hydrogen) atoms. The molecule has 1 aromatic heterocycles. The van der Waals surface area contributed by atoms with E-state index in [0.717, 1.165) is 10.6 Å². The van der Waals surface area contributed by atoms with Crippen molar-refractivity contribution in [3.05, 3.63) is 29.2 Å². The molecular formula is C8H5N3. The first kappa shape index (κ1) is 6.01. The molecule has 0 radical (unpaired) electrons. The van der Waals surface area contributed by atoms with Crippen molar-refractivity contribution in [2.24, 2.45) is 4.99 Å². The smallest absolute Gasteiger partial charge is 0.116 e. The summed E-state index contributed by atoms with van der Waals surface area (Å²) >= 11 is 0. The fourth-order valence-corrected chi connectivity index (χ4v) is 0.837. The highest BCUT2D eigenvalue weighted by molar-refractivity contribution is 5.77. The Labute approximate surface area is 63.2 Å². The van der Waals surface area contributed by atoms with Crippen molar-refractivity contribution < 1.29 is 0 Å². The predicted octanol–water partition coefficient (Wildman–Crippen LogP) is -0.765. The van der Waals surface area contributed by atoms with Gasteiger partial charge in [0.1, 0.15) is 6.33 Å². The van der Waals surface area contributed by atoms with Crippen molar-refractivity contribution in [1.82, 2.24) is 9.97 Å². The van der Waals surface area contributed by atoms with Crippen LogP contribution in [0.1, 0.15) is 0 Å². The van der Waals surface area contributed by atoms with Gasteiger partial charge in [0.2, 0.25) is 0 Å². The third-order valence-corrected chi connectivity index (χ3v) is 1.34. The van der Waals surface area contributed by atoms with Crippen LogP contribution in [0.4, 0.5) is 0 Å². The minimum atomic E-state index is 0.810. The zero-order valence-corrected chi connectivity index (χ0v) is 5.73. The Morgan fingerprint density at radius 2 is 2.36 bits per heavy atom. The van der Waals surface area contributed by atoms with Gasteiger partial charge in [-0.2, -0.15) is 0 Å². The number of hydrogen-bond acceptors (Lipinski definition) is 3. The second kappa shape index (κ2) is 2.48. The molecule has 0 spiro atoms. The maximum absolute atomic E-state index is 4.02. The second-order valence-corrected chi connectivity index (χ2v) is 2.06. The quantitative estimate of drug-likeness (QED) is 0.478. The molecule has 0 saturated carbocycles. The van der Waals surface area contributed by atoms with Crippen molar-refractivity contribution in [3.63, 3.8) is 0 Å². The number of fused-ring (bicyclic) bond motifs is 1. The topological polar surface area (TPSA) is 38.1 Å². The molecule has 2 rings (SSSR count). The first-order valence-electron chi connectivity index (χ1n) is 3.21. The van der Waals surface area contributed by atoms with Crippen molar-refractivity contribution in [1.29, 1.82) is 0 Å². The number of rotatable bonds is 0. The van der Waals surface area contributed by atoms with Crippen molar-refractivity contribution in [3.8, 4) is 0 Å². The van der Waals surface area contributed by atoms with Crippen molar-refractivity contribution in [2.45, 2.75) is 0 Å². The Hall–Kier alpha value is -1.73. The first-order valence-corrected chi connectivity index (χ1v) is 3.21. The average Bonchev–Trinajstić information content (AvgIpc) is 2.28. The molecule has 1 aliphatic rings. The van der Waals surface area contributed by atoms with E-state index in [1.165, 1.54) is 6.33 Å². The second-order valence-electron chi connectivity index (χ2n) is 2.06. The summed E-state index contributed by atoms with van der Waals surface area (Å²) in [4.78, 5) is 11.8. The summed E-state index contributed by atoms with van der Waals surface area (Å²) in [6.45, 7) is 0. The molecule has 1 aromatic rings. The van der Waals surface area contributed by atoms with E-state index < -0.39 is 0 Å². The summed E-state index contributed by atoms with van der Waals surface area (Å²) in [7, 11) is 0. The Morgan fingerprint density at radius 3 is 3.36 bits per heavy atom. The third-order valence-electron chi connectivity index (χ3n) is 1.34. The summed E-state index contributed by atoms with van der Waals surface area (Å²) in [5.41, 5.74) is 2.99. The van der Waals surface area contributed by atoms with Crippen LogP contribution in [0.3, 0.4) is 0 Å². The van der Waals surface area contributed by atoms with E-state index in [9.17, 15) is 0 Å². The summed E-state index contributed by atoms with van der Waals surface area (Å²) in [5.74, 6) is 0. The lowest BCUT2D eigenvalue weighted by Gasteiger charge is -1.81. The van der Waals surface area contributed by atoms with Crippen LogP contribution in [0.15, 0.2) is 23.6 Å². The van der Waals surface area contributed by atoms with Crippen LogP contribution >= 0.6 is 0 Å². The molecule has 0 atom stereocenters. The van der Waals surface area contributed by atoms with Gasteiger partial charge in [-0.15, -0.1) is 5.73 Å². The molecule has 0 N–H and O–H groups in total. The van der Waals surface area contributed by atoms with Crippen LogP contribution in [0, 0.1) is 0 Å². The molecule has 0 bridgehead atoms. The lowest BCUT2D eigenvalue weighted by atomic mass is 10.4. The zero-order chi connectivity index (χ0) is 7.52. The zero-order valence-electron chi connectivity index (χ0n) is 5.73. The minimum Gasteiger partial charge on any atom is -0.262 e. The van der Waals surface area contributed by atoms with Gasteiger partial charge < -0.3 is 0 Å². The van der Waals surface area contributed by atoms with E-state index in [2.05, 4.69) is 20.7 Å². The van der Waals surface area contributed by atoms with E-state index in [-0.39, 0.29) is 0 Å². The molecule has 52 valence electrons. The number of aromatic nitrogens is 2. The van der Waals surface area contributed by atoms with E-state index >= 15 is 0 Å². The molecule has 3 nitrogen and oxygen atoms in total. The number of nitrogens with zero attached hydrogens (tertiary/aromatic N) is 3. The fraction of sp³-hybridized carbons (Fsp3) is 0. The molecule has 0 saturated heterocycles. The molecule has 0 aliphatic carbocycles. The Kier molecular flexibility index (Phi) is 1.36. The van der Waals surface area contributed by atoms with E-state index in [0.29, 0.717) is 0 Å². The van der Waals surface area contributed by atoms with Gasteiger partial charge in [0.05, 0.1) is 16.8 Å². The van der Waals surface area contributed by atoms with Crippen LogP contribution in [0.25, 0.3) is 11.9 Å². The molecule has 0 amide bonds. The fourth-order valence-electron chi connectivity index (χ4n) is 0.837. The van der Waals surface area contributed by atoms with Gasteiger partial charge >= 0.3 is 0 Å². The van der Waals surface area contributed by atoms with Gasteiger partial charge in [-0.3, -0.25) is 4.99 Å². The van der Waals surface area contributed by atoms with Crippen molar-refractivity contribution in [2.75, 3.05) is 0 Å². The minimum absolute atomic E-state index is 0.810. The first-order chi connectivity index (χ1) is 5.47. The Morgan fingerprint density at radius 1 is 1.36 bits per heavy atom. The molecular weight excluding hydrogens is 138 g/mol. The average molecular weight is 143 g/mol. The van der Waals surface area contributed by atoms with Gasteiger partial charge in [-0.1, -0.05) is 0 Å². The van der Waals surface area contributed by atoms with Gasteiger partial charge in [0.25, 0.3) is 0 Å². The largest absolute Gasteiger partial charge is 0.262 e. The molecule has 0 unspecified atom stereocenters. The van der Waals surface area contributed by atoms with Crippen LogP contribution in [-0.4, -0.2) is 16.2 Å². The van der Waals surface area contributed by atoms with Gasteiger partial charge in [-0.05, 0) is 6.08 Å². The summed E-state index contributed by atoms with van der Waals surface area (Å²) in [6, 6.07) is 0. The van der Waals surface area contributed by atoms with Gasteiger partial charge in [0, 0.05) is 12.4 Å². The summed E-state index contributed by atoms with van der Waals surface area (Å²) < 4.78 is 0. The van der Waals surface area contributed by atoms with Crippen LogP contribution in [-0.2, 0) is 0 Å². The van der Waals surface area contributed by atoms with Gasteiger partial charge in [0.15, 0.2) is 0 Å².